The quantitative estimate of drug-likeness (QED) is 0.890. The van der Waals surface area contributed by atoms with E-state index in [-0.39, 0.29) is 4.47 Å². The summed E-state index contributed by atoms with van der Waals surface area (Å²) in [6.07, 6.45) is -2.94. The molecule has 1 aromatic heterocycles. The van der Waals surface area contributed by atoms with Crippen LogP contribution in [-0.2, 0) is 10.0 Å². The van der Waals surface area contributed by atoms with Gasteiger partial charge < -0.3 is 0 Å². The van der Waals surface area contributed by atoms with Gasteiger partial charge in [-0.2, -0.15) is 5.26 Å². The number of nitrogens with two attached hydrogens (primary N) is 1. The summed E-state index contributed by atoms with van der Waals surface area (Å²) in [5, 5.41) is 12.7. The summed E-state index contributed by atoms with van der Waals surface area (Å²) in [5.74, 6) is 0. The molecular formula is C7H4BrF2N3O2S. The number of pyridine rings is 1. The number of hydrogen-bond acceptors (Lipinski definition) is 4. The molecule has 1 rings (SSSR count). The fourth-order valence-electron chi connectivity index (χ4n) is 0.941. The Kier molecular flexibility index (Phi) is 3.57. The zero-order chi connectivity index (χ0) is 12.5. The van der Waals surface area contributed by atoms with Gasteiger partial charge in [0.25, 0.3) is 16.4 Å². The van der Waals surface area contributed by atoms with Crippen LogP contribution in [0.1, 0.15) is 17.7 Å². The highest BCUT2D eigenvalue weighted by Crippen LogP contribution is 2.30. The molecule has 0 unspecified atom stereocenters. The van der Waals surface area contributed by atoms with Crippen molar-refractivity contribution in [2.24, 2.45) is 5.14 Å². The summed E-state index contributed by atoms with van der Waals surface area (Å²) in [6, 6.07) is 2.22. The Bertz CT molecular complexity index is 568. The Labute approximate surface area is 98.1 Å². The molecule has 1 heterocycles. The molecule has 0 saturated heterocycles. The number of nitrogens with zero attached hydrogens (tertiary/aromatic N) is 2. The van der Waals surface area contributed by atoms with E-state index < -0.39 is 32.7 Å². The first-order chi connectivity index (χ1) is 7.27. The SMILES string of the molecule is N#Cc1nc(S(N)(=O)=O)cc(Br)c1C(F)F. The van der Waals surface area contributed by atoms with Crippen LogP contribution in [0.4, 0.5) is 8.78 Å². The van der Waals surface area contributed by atoms with E-state index in [4.69, 9.17) is 10.4 Å². The third kappa shape index (κ3) is 2.52. The monoisotopic (exact) mass is 311 g/mol. The lowest BCUT2D eigenvalue weighted by Gasteiger charge is -2.06. The van der Waals surface area contributed by atoms with Gasteiger partial charge in [0.1, 0.15) is 6.07 Å². The van der Waals surface area contributed by atoms with Crippen LogP contribution in [0.15, 0.2) is 15.6 Å². The van der Waals surface area contributed by atoms with Crippen molar-refractivity contribution in [2.75, 3.05) is 0 Å². The first-order valence-corrected chi connectivity index (χ1v) is 6.02. The second kappa shape index (κ2) is 4.40. The Hall–Kier alpha value is -1.11. The second-order valence-electron chi connectivity index (χ2n) is 2.66. The Balaban J connectivity index is 3.59. The van der Waals surface area contributed by atoms with Gasteiger partial charge in [0.05, 0.1) is 5.56 Å². The number of nitriles is 1. The first-order valence-electron chi connectivity index (χ1n) is 3.69. The van der Waals surface area contributed by atoms with Crippen molar-refractivity contribution in [1.29, 1.82) is 5.26 Å². The van der Waals surface area contributed by atoms with Crippen LogP contribution in [0.2, 0.25) is 0 Å². The average molecular weight is 312 g/mol. The molecule has 86 valence electrons. The van der Waals surface area contributed by atoms with Crippen molar-refractivity contribution >= 4 is 26.0 Å². The fraction of sp³-hybridized carbons (Fsp3) is 0.143. The van der Waals surface area contributed by atoms with Crippen LogP contribution in [0.25, 0.3) is 0 Å². The minimum absolute atomic E-state index is 0.224. The number of halogens is 3. The molecule has 0 amide bonds. The predicted molar refractivity (Wildman–Crippen MR) is 53.0 cm³/mol. The predicted octanol–water partition coefficient (Wildman–Crippen LogP) is 1.30. The van der Waals surface area contributed by atoms with Crippen LogP contribution in [0, 0.1) is 11.3 Å². The third-order valence-electron chi connectivity index (χ3n) is 1.60. The highest BCUT2D eigenvalue weighted by molar-refractivity contribution is 9.10. The van der Waals surface area contributed by atoms with Crippen molar-refractivity contribution in [1.82, 2.24) is 4.98 Å². The maximum atomic E-state index is 12.5. The van der Waals surface area contributed by atoms with E-state index in [2.05, 4.69) is 20.9 Å². The number of hydrogen-bond donors (Lipinski definition) is 1. The van der Waals surface area contributed by atoms with Gasteiger partial charge in [0, 0.05) is 4.47 Å². The molecular weight excluding hydrogens is 308 g/mol. The molecule has 0 saturated carbocycles. The average Bonchev–Trinajstić information content (AvgIpc) is 2.14. The maximum absolute atomic E-state index is 12.5. The van der Waals surface area contributed by atoms with E-state index in [1.165, 1.54) is 6.07 Å². The Morgan fingerprint density at radius 1 is 1.56 bits per heavy atom. The minimum atomic E-state index is -4.14. The van der Waals surface area contributed by atoms with Crippen LogP contribution in [0.3, 0.4) is 0 Å². The van der Waals surface area contributed by atoms with Crippen LogP contribution in [0.5, 0.6) is 0 Å². The second-order valence-corrected chi connectivity index (χ2v) is 5.02. The normalized spacial score (nSPS) is 11.5. The van der Waals surface area contributed by atoms with E-state index in [0.717, 1.165) is 6.07 Å². The molecule has 0 bridgehead atoms. The summed E-state index contributed by atoms with van der Waals surface area (Å²) < 4.78 is 46.6. The number of aromatic nitrogens is 1. The Morgan fingerprint density at radius 3 is 2.50 bits per heavy atom. The zero-order valence-electron chi connectivity index (χ0n) is 7.49. The topological polar surface area (TPSA) is 96.8 Å². The standard InChI is InChI=1S/C7H4BrF2N3O2S/c8-3-1-5(16(12,14)15)13-4(2-11)6(3)7(9)10/h1,7H,(H2,12,14,15). The molecule has 9 heteroatoms. The van der Waals surface area contributed by atoms with E-state index in [9.17, 15) is 17.2 Å². The van der Waals surface area contributed by atoms with E-state index in [1.54, 1.807) is 0 Å². The van der Waals surface area contributed by atoms with E-state index in [1.807, 2.05) is 0 Å². The zero-order valence-corrected chi connectivity index (χ0v) is 9.89. The van der Waals surface area contributed by atoms with Crippen LogP contribution >= 0.6 is 15.9 Å². The molecule has 0 aliphatic rings. The lowest BCUT2D eigenvalue weighted by Crippen LogP contribution is -2.15. The van der Waals surface area contributed by atoms with Gasteiger partial charge >= 0.3 is 0 Å². The van der Waals surface area contributed by atoms with Gasteiger partial charge in [-0.3, -0.25) is 0 Å². The van der Waals surface area contributed by atoms with Gasteiger partial charge in [-0.05, 0) is 6.07 Å². The molecule has 0 spiro atoms. The van der Waals surface area contributed by atoms with Gasteiger partial charge in [-0.25, -0.2) is 27.3 Å². The van der Waals surface area contributed by atoms with Crippen molar-refractivity contribution in [3.05, 3.63) is 21.8 Å². The van der Waals surface area contributed by atoms with Crippen LogP contribution < -0.4 is 5.14 Å². The summed E-state index contributed by atoms with van der Waals surface area (Å²) in [4.78, 5) is 3.26. The molecule has 16 heavy (non-hydrogen) atoms. The summed E-state index contributed by atoms with van der Waals surface area (Å²) in [7, 11) is -4.14. The molecule has 0 radical (unpaired) electrons. The number of primary sulfonamides is 1. The van der Waals surface area contributed by atoms with Gasteiger partial charge in [-0.1, -0.05) is 15.9 Å². The summed E-state index contributed by atoms with van der Waals surface area (Å²) in [6.45, 7) is 0. The molecule has 2 N–H and O–H groups in total. The largest absolute Gasteiger partial charge is 0.267 e. The van der Waals surface area contributed by atoms with Crippen molar-refractivity contribution < 1.29 is 17.2 Å². The van der Waals surface area contributed by atoms with Gasteiger partial charge in [0.2, 0.25) is 0 Å². The molecule has 0 aromatic carbocycles. The minimum Gasteiger partial charge on any atom is -0.223 e. The first kappa shape index (κ1) is 13.0. The van der Waals surface area contributed by atoms with Crippen molar-refractivity contribution in [2.45, 2.75) is 11.5 Å². The van der Waals surface area contributed by atoms with Crippen LogP contribution in [-0.4, -0.2) is 13.4 Å². The molecule has 0 aliphatic carbocycles. The molecule has 1 aromatic rings. The number of alkyl halides is 2. The summed E-state index contributed by atoms with van der Waals surface area (Å²) >= 11 is 2.74. The number of rotatable bonds is 2. The smallest absolute Gasteiger partial charge is 0.223 e. The molecule has 0 fully saturated rings. The van der Waals surface area contributed by atoms with E-state index in [0.29, 0.717) is 0 Å². The summed E-state index contributed by atoms with van der Waals surface area (Å²) in [5.41, 5.74) is -1.33. The van der Waals surface area contributed by atoms with Gasteiger partial charge in [-0.15, -0.1) is 0 Å². The highest BCUT2D eigenvalue weighted by atomic mass is 79.9. The Morgan fingerprint density at radius 2 is 2.12 bits per heavy atom. The fourth-order valence-corrected chi connectivity index (χ4v) is 2.17. The number of sulfonamides is 1. The lowest BCUT2D eigenvalue weighted by atomic mass is 10.2. The molecule has 5 nitrogen and oxygen atoms in total. The van der Waals surface area contributed by atoms with Crippen molar-refractivity contribution in [3.8, 4) is 6.07 Å². The molecule has 0 atom stereocenters. The molecule has 0 aliphatic heterocycles. The van der Waals surface area contributed by atoms with Gasteiger partial charge in [0.15, 0.2) is 10.7 Å². The van der Waals surface area contributed by atoms with E-state index >= 15 is 0 Å². The maximum Gasteiger partial charge on any atom is 0.267 e. The highest BCUT2D eigenvalue weighted by Gasteiger charge is 2.22. The lowest BCUT2D eigenvalue weighted by molar-refractivity contribution is 0.149. The third-order valence-corrected chi connectivity index (χ3v) is 3.05. The van der Waals surface area contributed by atoms with Crippen molar-refractivity contribution in [3.63, 3.8) is 0 Å².